The van der Waals surface area contributed by atoms with Crippen LogP contribution < -0.4 is 10.5 Å². The molecule has 0 unspecified atom stereocenters. The SMILES string of the molecule is NCCc1cccc(Oc2ccc3c(c2)CCCC3)c1. The van der Waals surface area contributed by atoms with E-state index < -0.39 is 0 Å². The van der Waals surface area contributed by atoms with Gasteiger partial charge >= 0.3 is 0 Å². The van der Waals surface area contributed by atoms with Gasteiger partial charge in [-0.3, -0.25) is 0 Å². The van der Waals surface area contributed by atoms with E-state index in [4.69, 9.17) is 10.5 Å². The summed E-state index contributed by atoms with van der Waals surface area (Å²) >= 11 is 0. The van der Waals surface area contributed by atoms with Crippen molar-refractivity contribution in [3.05, 3.63) is 59.2 Å². The Labute approximate surface area is 120 Å². The summed E-state index contributed by atoms with van der Waals surface area (Å²) in [6, 6.07) is 14.7. The highest BCUT2D eigenvalue weighted by Crippen LogP contribution is 2.28. The van der Waals surface area contributed by atoms with Gasteiger partial charge in [0.25, 0.3) is 0 Å². The Hall–Kier alpha value is -1.80. The van der Waals surface area contributed by atoms with Crippen LogP contribution in [0.3, 0.4) is 0 Å². The van der Waals surface area contributed by atoms with Crippen molar-refractivity contribution in [3.8, 4) is 11.5 Å². The molecule has 0 atom stereocenters. The lowest BCUT2D eigenvalue weighted by atomic mass is 9.92. The lowest BCUT2D eigenvalue weighted by Crippen LogP contribution is -2.03. The van der Waals surface area contributed by atoms with E-state index >= 15 is 0 Å². The van der Waals surface area contributed by atoms with Crippen molar-refractivity contribution >= 4 is 0 Å². The normalized spacial score (nSPS) is 13.8. The summed E-state index contributed by atoms with van der Waals surface area (Å²) in [6.45, 7) is 0.669. The molecule has 0 heterocycles. The molecule has 2 N–H and O–H groups in total. The van der Waals surface area contributed by atoms with Crippen molar-refractivity contribution in [2.24, 2.45) is 5.73 Å². The fourth-order valence-corrected chi connectivity index (χ4v) is 2.84. The summed E-state index contributed by atoms with van der Waals surface area (Å²) in [5.74, 6) is 1.84. The van der Waals surface area contributed by atoms with Crippen molar-refractivity contribution in [1.29, 1.82) is 0 Å². The Morgan fingerprint density at radius 2 is 1.70 bits per heavy atom. The van der Waals surface area contributed by atoms with Crippen LogP contribution in [0.25, 0.3) is 0 Å². The molecule has 0 saturated heterocycles. The number of ether oxygens (including phenoxy) is 1. The average molecular weight is 267 g/mol. The minimum Gasteiger partial charge on any atom is -0.457 e. The van der Waals surface area contributed by atoms with E-state index in [9.17, 15) is 0 Å². The van der Waals surface area contributed by atoms with Gasteiger partial charge in [-0.2, -0.15) is 0 Å². The molecule has 20 heavy (non-hydrogen) atoms. The van der Waals surface area contributed by atoms with E-state index in [2.05, 4.69) is 30.3 Å². The molecule has 2 aromatic carbocycles. The summed E-state index contributed by atoms with van der Waals surface area (Å²) in [5, 5.41) is 0. The van der Waals surface area contributed by atoms with Crippen molar-refractivity contribution in [2.75, 3.05) is 6.54 Å². The van der Waals surface area contributed by atoms with Crippen LogP contribution in [0.1, 0.15) is 29.5 Å². The fourth-order valence-electron chi connectivity index (χ4n) is 2.84. The molecule has 1 aliphatic carbocycles. The molecule has 0 fully saturated rings. The predicted octanol–water partition coefficient (Wildman–Crippen LogP) is 3.86. The average Bonchev–Trinajstić information content (AvgIpc) is 2.48. The number of rotatable bonds is 4. The molecule has 1 aliphatic rings. The monoisotopic (exact) mass is 267 g/mol. The van der Waals surface area contributed by atoms with Crippen LogP contribution in [0, 0.1) is 0 Å². The molecule has 0 radical (unpaired) electrons. The maximum atomic E-state index is 5.99. The lowest BCUT2D eigenvalue weighted by Gasteiger charge is -2.16. The van der Waals surface area contributed by atoms with Gasteiger partial charge in [0.05, 0.1) is 0 Å². The molecule has 0 amide bonds. The van der Waals surface area contributed by atoms with Crippen molar-refractivity contribution in [3.63, 3.8) is 0 Å². The second kappa shape index (κ2) is 6.10. The Morgan fingerprint density at radius 3 is 2.55 bits per heavy atom. The van der Waals surface area contributed by atoms with E-state index in [0.29, 0.717) is 6.54 Å². The molecule has 0 bridgehead atoms. The zero-order chi connectivity index (χ0) is 13.8. The van der Waals surface area contributed by atoms with E-state index in [1.54, 1.807) is 0 Å². The largest absolute Gasteiger partial charge is 0.457 e. The number of hydrogen-bond donors (Lipinski definition) is 1. The number of nitrogens with two attached hydrogens (primary N) is 1. The van der Waals surface area contributed by atoms with E-state index in [-0.39, 0.29) is 0 Å². The van der Waals surface area contributed by atoms with Crippen LogP contribution in [-0.2, 0) is 19.3 Å². The molecule has 2 heteroatoms. The second-order valence-corrected chi connectivity index (χ2v) is 5.43. The maximum Gasteiger partial charge on any atom is 0.127 e. The molecule has 2 aromatic rings. The first kappa shape index (κ1) is 13.2. The minimum atomic E-state index is 0.669. The first-order valence-corrected chi connectivity index (χ1v) is 7.44. The Bertz CT molecular complexity index is 592. The van der Waals surface area contributed by atoms with E-state index in [0.717, 1.165) is 17.9 Å². The zero-order valence-corrected chi connectivity index (χ0v) is 11.8. The van der Waals surface area contributed by atoms with Gasteiger partial charge in [-0.25, -0.2) is 0 Å². The Morgan fingerprint density at radius 1 is 0.900 bits per heavy atom. The first-order valence-electron chi connectivity index (χ1n) is 7.44. The van der Waals surface area contributed by atoms with Crippen LogP contribution in [0.15, 0.2) is 42.5 Å². The molecule has 104 valence electrons. The Kier molecular flexibility index (Phi) is 4.03. The van der Waals surface area contributed by atoms with Crippen molar-refractivity contribution in [1.82, 2.24) is 0 Å². The van der Waals surface area contributed by atoms with Crippen molar-refractivity contribution in [2.45, 2.75) is 32.1 Å². The van der Waals surface area contributed by atoms with Gasteiger partial charge in [0.2, 0.25) is 0 Å². The third-order valence-electron chi connectivity index (χ3n) is 3.89. The van der Waals surface area contributed by atoms with Gasteiger partial charge in [-0.15, -0.1) is 0 Å². The summed E-state index contributed by atoms with van der Waals surface area (Å²) in [7, 11) is 0. The van der Waals surface area contributed by atoms with E-state index in [1.807, 2.05) is 12.1 Å². The van der Waals surface area contributed by atoms with Gasteiger partial charge in [-0.05, 0) is 79.6 Å². The fraction of sp³-hybridized carbons (Fsp3) is 0.333. The molecule has 2 nitrogen and oxygen atoms in total. The lowest BCUT2D eigenvalue weighted by molar-refractivity contribution is 0.480. The number of benzene rings is 2. The highest BCUT2D eigenvalue weighted by molar-refractivity contribution is 5.40. The number of aryl methyl sites for hydroxylation is 2. The van der Waals surface area contributed by atoms with Crippen LogP contribution >= 0.6 is 0 Å². The first-order chi connectivity index (χ1) is 9.85. The number of fused-ring (bicyclic) bond motifs is 1. The van der Waals surface area contributed by atoms with Gasteiger partial charge in [0, 0.05) is 0 Å². The van der Waals surface area contributed by atoms with Gasteiger partial charge in [-0.1, -0.05) is 18.2 Å². The highest BCUT2D eigenvalue weighted by atomic mass is 16.5. The molecular formula is C18H21NO. The topological polar surface area (TPSA) is 35.2 Å². The summed E-state index contributed by atoms with van der Waals surface area (Å²) in [4.78, 5) is 0. The third kappa shape index (κ3) is 3.02. The molecule has 3 rings (SSSR count). The predicted molar refractivity (Wildman–Crippen MR) is 82.4 cm³/mol. The maximum absolute atomic E-state index is 5.99. The van der Waals surface area contributed by atoms with Crippen LogP contribution in [-0.4, -0.2) is 6.54 Å². The molecule has 0 saturated carbocycles. The van der Waals surface area contributed by atoms with Crippen LogP contribution in [0.2, 0.25) is 0 Å². The standard InChI is InChI=1S/C18H21NO/c19-11-10-14-4-3-7-17(12-14)20-18-9-8-15-5-1-2-6-16(15)13-18/h3-4,7-9,12-13H,1-2,5-6,10-11,19H2. The van der Waals surface area contributed by atoms with Gasteiger partial charge in [0.15, 0.2) is 0 Å². The van der Waals surface area contributed by atoms with Gasteiger partial charge in [0.1, 0.15) is 11.5 Å². The van der Waals surface area contributed by atoms with Crippen LogP contribution in [0.5, 0.6) is 11.5 Å². The van der Waals surface area contributed by atoms with Crippen LogP contribution in [0.4, 0.5) is 0 Å². The highest BCUT2D eigenvalue weighted by Gasteiger charge is 2.10. The molecule has 0 spiro atoms. The summed E-state index contributed by atoms with van der Waals surface area (Å²) < 4.78 is 5.99. The smallest absolute Gasteiger partial charge is 0.127 e. The number of hydrogen-bond acceptors (Lipinski definition) is 2. The van der Waals surface area contributed by atoms with Crippen molar-refractivity contribution < 1.29 is 4.74 Å². The second-order valence-electron chi connectivity index (χ2n) is 5.43. The quantitative estimate of drug-likeness (QED) is 0.913. The zero-order valence-electron chi connectivity index (χ0n) is 11.8. The minimum absolute atomic E-state index is 0.669. The molecule has 0 aliphatic heterocycles. The third-order valence-corrected chi connectivity index (χ3v) is 3.89. The summed E-state index contributed by atoms with van der Waals surface area (Å²) in [5.41, 5.74) is 9.76. The Balaban J connectivity index is 1.78. The molecule has 0 aromatic heterocycles. The molecular weight excluding hydrogens is 246 g/mol. The van der Waals surface area contributed by atoms with Gasteiger partial charge < -0.3 is 10.5 Å². The van der Waals surface area contributed by atoms with E-state index in [1.165, 1.54) is 42.4 Å². The summed E-state index contributed by atoms with van der Waals surface area (Å²) in [6.07, 6.45) is 5.89.